The van der Waals surface area contributed by atoms with Crippen molar-refractivity contribution in [1.82, 2.24) is 9.78 Å². The molecule has 0 aliphatic rings. The number of aryl methyl sites for hydroxylation is 1. The minimum atomic E-state index is -0.444. The number of hydrogen-bond donors (Lipinski definition) is 1. The van der Waals surface area contributed by atoms with Crippen LogP contribution in [0.3, 0.4) is 0 Å². The van der Waals surface area contributed by atoms with Crippen molar-refractivity contribution in [2.24, 2.45) is 7.05 Å². The Morgan fingerprint density at radius 3 is 2.85 bits per heavy atom. The molecule has 0 fully saturated rings. The summed E-state index contributed by atoms with van der Waals surface area (Å²) in [5.41, 5.74) is 7.67. The maximum Gasteiger partial charge on any atom is 0.341 e. The third-order valence-corrected chi connectivity index (χ3v) is 2.95. The topological polar surface area (TPSA) is 79.4 Å². The van der Waals surface area contributed by atoms with E-state index in [2.05, 4.69) is 5.10 Å². The Bertz CT molecular complexity index is 607. The lowest BCUT2D eigenvalue weighted by molar-refractivity contribution is 0.0596. The molecule has 20 heavy (non-hydrogen) atoms. The summed E-state index contributed by atoms with van der Waals surface area (Å²) in [6.07, 6.45) is 2.42. The maximum absolute atomic E-state index is 11.6. The van der Waals surface area contributed by atoms with E-state index in [-0.39, 0.29) is 0 Å². The Morgan fingerprint density at radius 2 is 2.20 bits per heavy atom. The molecule has 0 saturated carbocycles. The number of methoxy groups -OCH3 is 1. The minimum absolute atomic E-state index is 0.367. The Morgan fingerprint density at radius 1 is 1.40 bits per heavy atom. The largest absolute Gasteiger partial charge is 0.492 e. The quantitative estimate of drug-likeness (QED) is 0.659. The number of nitrogen functional groups attached to an aromatic ring is 1. The van der Waals surface area contributed by atoms with Crippen LogP contribution in [-0.2, 0) is 18.2 Å². The van der Waals surface area contributed by atoms with Gasteiger partial charge in [0, 0.05) is 37.1 Å². The first-order chi connectivity index (χ1) is 9.61. The highest BCUT2D eigenvalue weighted by Crippen LogP contribution is 2.22. The van der Waals surface area contributed by atoms with Crippen LogP contribution in [0.25, 0.3) is 0 Å². The van der Waals surface area contributed by atoms with Crippen LogP contribution in [0, 0.1) is 0 Å². The SMILES string of the molecule is COC(=O)c1ccc(N)cc1OCCc1ccnn1C. The molecule has 2 N–H and O–H groups in total. The zero-order chi connectivity index (χ0) is 14.5. The van der Waals surface area contributed by atoms with Gasteiger partial charge in [0.2, 0.25) is 0 Å². The molecule has 0 saturated heterocycles. The number of ether oxygens (including phenoxy) is 2. The van der Waals surface area contributed by atoms with Crippen molar-refractivity contribution < 1.29 is 14.3 Å². The molecule has 0 amide bonds. The highest BCUT2D eigenvalue weighted by atomic mass is 16.5. The number of nitrogens with two attached hydrogens (primary N) is 1. The summed E-state index contributed by atoms with van der Waals surface area (Å²) < 4.78 is 12.1. The normalized spacial score (nSPS) is 10.3. The van der Waals surface area contributed by atoms with Gasteiger partial charge < -0.3 is 15.2 Å². The lowest BCUT2D eigenvalue weighted by Crippen LogP contribution is -2.10. The van der Waals surface area contributed by atoms with Gasteiger partial charge in [0.05, 0.1) is 13.7 Å². The number of carbonyl (C=O) groups is 1. The van der Waals surface area contributed by atoms with Gasteiger partial charge in [0.15, 0.2) is 0 Å². The molecule has 1 aromatic heterocycles. The van der Waals surface area contributed by atoms with Crippen LogP contribution in [0.1, 0.15) is 16.1 Å². The summed E-state index contributed by atoms with van der Waals surface area (Å²) in [5.74, 6) is -0.0143. The number of esters is 1. The van der Waals surface area contributed by atoms with Gasteiger partial charge in [-0.05, 0) is 18.2 Å². The molecular weight excluding hydrogens is 258 g/mol. The Balaban J connectivity index is 2.06. The fourth-order valence-corrected chi connectivity index (χ4v) is 1.85. The molecule has 0 aliphatic heterocycles. The second-order valence-electron chi connectivity index (χ2n) is 4.29. The number of anilines is 1. The van der Waals surface area contributed by atoms with Gasteiger partial charge in [-0.3, -0.25) is 4.68 Å². The molecule has 106 valence electrons. The molecule has 6 nitrogen and oxygen atoms in total. The maximum atomic E-state index is 11.6. The summed E-state index contributed by atoms with van der Waals surface area (Å²) in [4.78, 5) is 11.6. The van der Waals surface area contributed by atoms with Crippen LogP contribution in [0.2, 0.25) is 0 Å². The Labute approximate surface area is 117 Å². The first-order valence-corrected chi connectivity index (χ1v) is 6.19. The van der Waals surface area contributed by atoms with E-state index in [4.69, 9.17) is 15.2 Å². The molecule has 0 unspecified atom stereocenters. The summed E-state index contributed by atoms with van der Waals surface area (Å²) >= 11 is 0. The number of carbonyl (C=O) groups excluding carboxylic acids is 1. The van der Waals surface area contributed by atoms with Crippen LogP contribution in [0.15, 0.2) is 30.5 Å². The smallest absolute Gasteiger partial charge is 0.341 e. The van der Waals surface area contributed by atoms with Gasteiger partial charge in [-0.2, -0.15) is 5.10 Å². The van der Waals surface area contributed by atoms with E-state index >= 15 is 0 Å². The van der Waals surface area contributed by atoms with E-state index in [1.54, 1.807) is 29.1 Å². The predicted octanol–water partition coefficient (Wildman–Crippen LogP) is 1.41. The van der Waals surface area contributed by atoms with Crippen molar-refractivity contribution in [2.45, 2.75) is 6.42 Å². The number of rotatable bonds is 5. The fourth-order valence-electron chi connectivity index (χ4n) is 1.85. The van der Waals surface area contributed by atoms with Crippen molar-refractivity contribution in [3.63, 3.8) is 0 Å². The monoisotopic (exact) mass is 275 g/mol. The van der Waals surface area contributed by atoms with Crippen molar-refractivity contribution in [3.8, 4) is 5.75 Å². The summed E-state index contributed by atoms with van der Waals surface area (Å²) in [7, 11) is 3.20. The lowest BCUT2D eigenvalue weighted by Gasteiger charge is -2.11. The second kappa shape index (κ2) is 6.10. The van der Waals surface area contributed by atoms with E-state index in [0.29, 0.717) is 30.0 Å². The number of benzene rings is 1. The second-order valence-corrected chi connectivity index (χ2v) is 4.29. The summed E-state index contributed by atoms with van der Waals surface area (Å²) in [6, 6.07) is 6.78. The van der Waals surface area contributed by atoms with Crippen LogP contribution in [0.4, 0.5) is 5.69 Å². The van der Waals surface area contributed by atoms with Gasteiger partial charge >= 0.3 is 5.97 Å². The lowest BCUT2D eigenvalue weighted by atomic mass is 10.2. The number of aromatic nitrogens is 2. The molecule has 0 spiro atoms. The van der Waals surface area contributed by atoms with E-state index in [0.717, 1.165) is 5.69 Å². The Hall–Kier alpha value is -2.50. The average Bonchev–Trinajstić information content (AvgIpc) is 2.84. The molecule has 2 aromatic rings. The van der Waals surface area contributed by atoms with Crippen LogP contribution >= 0.6 is 0 Å². The van der Waals surface area contributed by atoms with E-state index < -0.39 is 5.97 Å². The van der Waals surface area contributed by atoms with Crippen LogP contribution in [-0.4, -0.2) is 29.5 Å². The third kappa shape index (κ3) is 3.09. The molecule has 1 heterocycles. The fraction of sp³-hybridized carbons (Fsp3) is 0.286. The first-order valence-electron chi connectivity index (χ1n) is 6.19. The highest BCUT2D eigenvalue weighted by molar-refractivity contribution is 5.93. The van der Waals surface area contributed by atoms with E-state index in [9.17, 15) is 4.79 Å². The van der Waals surface area contributed by atoms with E-state index in [1.807, 2.05) is 13.1 Å². The first kappa shape index (κ1) is 13.9. The molecule has 0 atom stereocenters. The van der Waals surface area contributed by atoms with E-state index in [1.165, 1.54) is 7.11 Å². The number of nitrogens with zero attached hydrogens (tertiary/aromatic N) is 2. The van der Waals surface area contributed by atoms with Gasteiger partial charge in [0.25, 0.3) is 0 Å². The summed E-state index contributed by atoms with van der Waals surface area (Å²) in [6.45, 7) is 0.424. The number of hydrogen-bond acceptors (Lipinski definition) is 5. The molecule has 0 radical (unpaired) electrons. The average molecular weight is 275 g/mol. The van der Waals surface area contributed by atoms with Gasteiger partial charge in [0.1, 0.15) is 11.3 Å². The van der Waals surface area contributed by atoms with Gasteiger partial charge in [-0.15, -0.1) is 0 Å². The third-order valence-electron chi connectivity index (χ3n) is 2.95. The minimum Gasteiger partial charge on any atom is -0.492 e. The Kier molecular flexibility index (Phi) is 4.24. The summed E-state index contributed by atoms with van der Waals surface area (Å²) in [5, 5.41) is 4.08. The molecule has 0 bridgehead atoms. The van der Waals surface area contributed by atoms with Gasteiger partial charge in [-0.1, -0.05) is 0 Å². The molecule has 1 aromatic carbocycles. The van der Waals surface area contributed by atoms with Crippen molar-refractivity contribution in [3.05, 3.63) is 41.7 Å². The zero-order valence-electron chi connectivity index (χ0n) is 11.5. The van der Waals surface area contributed by atoms with Crippen LogP contribution in [0.5, 0.6) is 5.75 Å². The standard InChI is InChI=1S/C14H17N3O3/c1-17-11(5-7-16-17)6-8-20-13-9-10(15)3-4-12(13)14(18)19-2/h3-5,7,9H,6,8,15H2,1-2H3. The molecule has 6 heteroatoms. The van der Waals surface area contributed by atoms with Crippen LogP contribution < -0.4 is 10.5 Å². The zero-order valence-corrected chi connectivity index (χ0v) is 11.5. The molecule has 2 rings (SSSR count). The highest BCUT2D eigenvalue weighted by Gasteiger charge is 2.13. The molecular formula is C14H17N3O3. The van der Waals surface area contributed by atoms with Crippen molar-refractivity contribution in [2.75, 3.05) is 19.5 Å². The van der Waals surface area contributed by atoms with Crippen molar-refractivity contribution >= 4 is 11.7 Å². The predicted molar refractivity (Wildman–Crippen MR) is 74.6 cm³/mol. The van der Waals surface area contributed by atoms with Gasteiger partial charge in [-0.25, -0.2) is 4.79 Å². The molecule has 0 aliphatic carbocycles. The van der Waals surface area contributed by atoms with Crippen molar-refractivity contribution in [1.29, 1.82) is 0 Å².